The molecule has 19 heavy (non-hydrogen) atoms. The molecule has 1 heterocycles. The lowest BCUT2D eigenvalue weighted by molar-refractivity contribution is -0.150. The molecule has 6 nitrogen and oxygen atoms in total. The number of likely N-dealkylation sites (tertiary alicyclic amines) is 1. The molecule has 0 aromatic carbocycles. The Morgan fingerprint density at radius 1 is 1.26 bits per heavy atom. The van der Waals surface area contributed by atoms with Gasteiger partial charge in [0, 0.05) is 33.0 Å². The van der Waals surface area contributed by atoms with Crippen LogP contribution in [-0.2, 0) is 19.1 Å². The molecule has 1 aliphatic rings. The van der Waals surface area contributed by atoms with Crippen LogP contribution in [-0.4, -0.2) is 60.9 Å². The number of esters is 1. The summed E-state index contributed by atoms with van der Waals surface area (Å²) in [5.74, 6) is -0.489. The summed E-state index contributed by atoms with van der Waals surface area (Å²) in [5, 5.41) is 0. The largest absolute Gasteiger partial charge is 0.465 e. The quantitative estimate of drug-likeness (QED) is 0.688. The Labute approximate surface area is 113 Å². The number of likely N-dealkylation sites (N-methyl/N-ethyl adjacent to an activating group) is 1. The highest BCUT2D eigenvalue weighted by Gasteiger charge is 2.28. The second-order valence-electron chi connectivity index (χ2n) is 4.78. The molecule has 6 heteroatoms. The van der Waals surface area contributed by atoms with Gasteiger partial charge in [-0.2, -0.15) is 0 Å². The summed E-state index contributed by atoms with van der Waals surface area (Å²) >= 11 is 0. The maximum atomic E-state index is 12.1. The predicted octanol–water partition coefficient (Wildman–Crippen LogP) is 0.266. The van der Waals surface area contributed by atoms with Gasteiger partial charge < -0.3 is 14.5 Å². The summed E-state index contributed by atoms with van der Waals surface area (Å²) in [6.07, 6.45) is 1.32. The number of amides is 2. The third-order valence-electron chi connectivity index (χ3n) is 3.34. The maximum absolute atomic E-state index is 12.1. The maximum Gasteiger partial charge on any atom is 0.325 e. The second kappa shape index (κ2) is 7.11. The second-order valence-corrected chi connectivity index (χ2v) is 4.78. The van der Waals surface area contributed by atoms with E-state index in [1.165, 1.54) is 11.8 Å². The molecule has 0 saturated carbocycles. The first-order valence-corrected chi connectivity index (χ1v) is 6.61. The molecule has 2 amide bonds. The van der Waals surface area contributed by atoms with E-state index in [0.29, 0.717) is 32.5 Å². The Hall–Kier alpha value is -1.59. The fourth-order valence-corrected chi connectivity index (χ4v) is 2.23. The number of nitrogens with zero attached hydrogens (tertiary/aromatic N) is 2. The van der Waals surface area contributed by atoms with Crippen molar-refractivity contribution in [3.63, 3.8) is 0 Å². The normalized spacial score (nSPS) is 16.1. The summed E-state index contributed by atoms with van der Waals surface area (Å²) in [5.41, 5.74) is 0. The lowest BCUT2D eigenvalue weighted by Crippen LogP contribution is -2.44. The van der Waals surface area contributed by atoms with E-state index < -0.39 is 0 Å². The Bertz CT molecular complexity index is 349. The summed E-state index contributed by atoms with van der Waals surface area (Å²) in [7, 11) is 1.61. The Kier molecular flexibility index (Phi) is 5.79. The molecule has 0 aromatic heterocycles. The number of hydrogen-bond donors (Lipinski definition) is 0. The van der Waals surface area contributed by atoms with Crippen LogP contribution in [0, 0.1) is 5.92 Å². The van der Waals surface area contributed by atoms with Crippen molar-refractivity contribution in [3.8, 4) is 0 Å². The molecule has 1 saturated heterocycles. The number of carbonyl (C=O) groups is 3. The average molecular weight is 270 g/mol. The molecule has 108 valence electrons. The van der Waals surface area contributed by atoms with E-state index in [0.717, 1.165) is 0 Å². The minimum atomic E-state index is -0.389. The van der Waals surface area contributed by atoms with Gasteiger partial charge in [-0.3, -0.25) is 14.4 Å². The van der Waals surface area contributed by atoms with E-state index >= 15 is 0 Å². The third-order valence-corrected chi connectivity index (χ3v) is 3.34. The minimum absolute atomic E-state index is 0.0143. The molecule has 1 rings (SSSR count). The number of hydrogen-bond acceptors (Lipinski definition) is 4. The zero-order chi connectivity index (χ0) is 14.4. The van der Waals surface area contributed by atoms with Gasteiger partial charge in [-0.15, -0.1) is 0 Å². The fraction of sp³-hybridized carbons (Fsp3) is 0.769. The summed E-state index contributed by atoms with van der Waals surface area (Å²) < 4.78 is 4.81. The van der Waals surface area contributed by atoms with Gasteiger partial charge in [0.25, 0.3) is 0 Å². The van der Waals surface area contributed by atoms with Gasteiger partial charge in [0.05, 0.1) is 6.61 Å². The van der Waals surface area contributed by atoms with E-state index in [4.69, 9.17) is 4.74 Å². The minimum Gasteiger partial charge on any atom is -0.465 e. The highest BCUT2D eigenvalue weighted by atomic mass is 16.5. The smallest absolute Gasteiger partial charge is 0.325 e. The zero-order valence-electron chi connectivity index (χ0n) is 11.8. The average Bonchev–Trinajstić information content (AvgIpc) is 2.38. The van der Waals surface area contributed by atoms with Crippen molar-refractivity contribution in [1.29, 1.82) is 0 Å². The molecule has 0 aliphatic carbocycles. The van der Waals surface area contributed by atoms with Crippen LogP contribution < -0.4 is 0 Å². The first-order chi connectivity index (χ1) is 8.95. The molecule has 0 aromatic rings. The predicted molar refractivity (Wildman–Crippen MR) is 69.2 cm³/mol. The summed E-state index contributed by atoms with van der Waals surface area (Å²) in [6, 6.07) is 0. The van der Waals surface area contributed by atoms with Crippen molar-refractivity contribution in [2.24, 2.45) is 5.92 Å². The molecule has 1 fully saturated rings. The van der Waals surface area contributed by atoms with E-state index in [2.05, 4.69) is 0 Å². The molecule has 0 spiro atoms. The molecule has 0 bridgehead atoms. The lowest BCUT2D eigenvalue weighted by Gasteiger charge is -2.32. The van der Waals surface area contributed by atoms with Crippen molar-refractivity contribution in [2.45, 2.75) is 26.7 Å². The van der Waals surface area contributed by atoms with Gasteiger partial charge in [-0.1, -0.05) is 0 Å². The molecule has 0 N–H and O–H groups in total. The van der Waals surface area contributed by atoms with Crippen LogP contribution in [0.15, 0.2) is 0 Å². The SMILES string of the molecule is CCOC(=O)CN(C)C(=O)C1CCN(C(C)=O)CC1. The highest BCUT2D eigenvalue weighted by molar-refractivity contribution is 5.83. The topological polar surface area (TPSA) is 66.9 Å². The van der Waals surface area contributed by atoms with Crippen LogP contribution in [0.3, 0.4) is 0 Å². The van der Waals surface area contributed by atoms with Crippen LogP contribution in [0.25, 0.3) is 0 Å². The Morgan fingerprint density at radius 2 is 1.84 bits per heavy atom. The zero-order valence-corrected chi connectivity index (χ0v) is 11.8. The van der Waals surface area contributed by atoms with Crippen molar-refractivity contribution >= 4 is 17.8 Å². The molecule has 0 radical (unpaired) electrons. The lowest BCUT2D eigenvalue weighted by atomic mass is 9.95. The van der Waals surface area contributed by atoms with Gasteiger partial charge in [0.15, 0.2) is 0 Å². The summed E-state index contributed by atoms with van der Waals surface area (Å²) in [6.45, 7) is 4.79. The molecule has 0 atom stereocenters. The van der Waals surface area contributed by atoms with Gasteiger partial charge >= 0.3 is 5.97 Å². The van der Waals surface area contributed by atoms with Crippen molar-refractivity contribution in [1.82, 2.24) is 9.80 Å². The Morgan fingerprint density at radius 3 is 2.32 bits per heavy atom. The van der Waals surface area contributed by atoms with Crippen LogP contribution in [0.1, 0.15) is 26.7 Å². The van der Waals surface area contributed by atoms with Crippen LogP contribution in [0.2, 0.25) is 0 Å². The number of carbonyl (C=O) groups excluding carboxylic acids is 3. The fourth-order valence-electron chi connectivity index (χ4n) is 2.23. The number of piperidine rings is 1. The van der Waals surface area contributed by atoms with Crippen molar-refractivity contribution in [2.75, 3.05) is 33.3 Å². The first-order valence-electron chi connectivity index (χ1n) is 6.61. The van der Waals surface area contributed by atoms with E-state index in [1.54, 1.807) is 18.9 Å². The van der Waals surface area contributed by atoms with Crippen molar-refractivity contribution in [3.05, 3.63) is 0 Å². The van der Waals surface area contributed by atoms with Crippen LogP contribution in [0.5, 0.6) is 0 Å². The number of ether oxygens (including phenoxy) is 1. The van der Waals surface area contributed by atoms with E-state index in [-0.39, 0.29) is 30.2 Å². The molecule has 0 unspecified atom stereocenters. The third kappa shape index (κ3) is 4.54. The molecular weight excluding hydrogens is 248 g/mol. The standard InChI is InChI=1S/C13H22N2O4/c1-4-19-12(17)9-14(3)13(18)11-5-7-15(8-6-11)10(2)16/h11H,4-9H2,1-3H3. The van der Waals surface area contributed by atoms with Crippen molar-refractivity contribution < 1.29 is 19.1 Å². The van der Waals surface area contributed by atoms with Gasteiger partial charge in [0.2, 0.25) is 11.8 Å². The first kappa shape index (κ1) is 15.5. The van der Waals surface area contributed by atoms with Gasteiger partial charge in [-0.25, -0.2) is 0 Å². The van der Waals surface area contributed by atoms with Gasteiger partial charge in [-0.05, 0) is 19.8 Å². The van der Waals surface area contributed by atoms with E-state index in [1.807, 2.05) is 0 Å². The molecular formula is C13H22N2O4. The van der Waals surface area contributed by atoms with Crippen LogP contribution in [0.4, 0.5) is 0 Å². The molecule has 1 aliphatic heterocycles. The highest BCUT2D eigenvalue weighted by Crippen LogP contribution is 2.19. The van der Waals surface area contributed by atoms with Crippen LogP contribution >= 0.6 is 0 Å². The summed E-state index contributed by atoms with van der Waals surface area (Å²) in [4.78, 5) is 37.8. The Balaban J connectivity index is 2.42. The number of rotatable bonds is 4. The monoisotopic (exact) mass is 270 g/mol. The van der Waals surface area contributed by atoms with E-state index in [9.17, 15) is 14.4 Å². The van der Waals surface area contributed by atoms with Gasteiger partial charge in [0.1, 0.15) is 6.54 Å².